The van der Waals surface area contributed by atoms with E-state index >= 15 is 0 Å². The number of hydrogen-bond donors (Lipinski definition) is 2. The van der Waals surface area contributed by atoms with Crippen LogP contribution in [-0.4, -0.2) is 28.9 Å². The number of benzene rings is 2. The fourth-order valence-corrected chi connectivity index (χ4v) is 3.23. The maximum Gasteiger partial charge on any atom is 0.411 e. The van der Waals surface area contributed by atoms with E-state index in [4.69, 9.17) is 16.0 Å². The normalized spacial score (nSPS) is 10.6. The van der Waals surface area contributed by atoms with Gasteiger partial charge < -0.3 is 14.5 Å². The van der Waals surface area contributed by atoms with Crippen molar-refractivity contribution in [3.8, 4) is 17.1 Å². The smallest absolute Gasteiger partial charge is 0.411 e. The van der Waals surface area contributed by atoms with Crippen molar-refractivity contribution in [3.63, 3.8) is 0 Å². The molecule has 2 aromatic carbocycles. The molecule has 162 valence electrons. The molecule has 4 rings (SSSR count). The highest BCUT2D eigenvalue weighted by atomic mass is 35.5. The summed E-state index contributed by atoms with van der Waals surface area (Å²) >= 11 is 6.13. The predicted molar refractivity (Wildman–Crippen MR) is 120 cm³/mol. The van der Waals surface area contributed by atoms with Crippen LogP contribution >= 0.6 is 11.6 Å². The zero-order valence-electron chi connectivity index (χ0n) is 17.0. The molecule has 0 unspecified atom stereocenters. The van der Waals surface area contributed by atoms with E-state index in [1.165, 1.54) is 7.11 Å². The molecule has 4 aromatic rings. The number of hydrogen-bond acceptors (Lipinski definition) is 5. The third kappa shape index (κ3) is 4.81. The predicted octanol–water partition coefficient (Wildman–Crippen LogP) is 4.89. The molecule has 8 nitrogen and oxygen atoms in total. The van der Waals surface area contributed by atoms with Gasteiger partial charge in [0.1, 0.15) is 5.69 Å². The number of nitrogens with zero attached hydrogens (tertiary/aromatic N) is 2. The quantitative estimate of drug-likeness (QED) is 0.435. The van der Waals surface area contributed by atoms with Gasteiger partial charge in [-0.1, -0.05) is 29.8 Å². The molecule has 9 heteroatoms. The standard InChI is InChI=1S/C23H19ClN4O4/c1-31-23(30)26-17-9-7-15(8-10-17)14-25-22(29)19-13-20(21-6-3-11-32-21)28(27-19)18-5-2-4-16(24)12-18/h2-13H,14H2,1H3,(H,25,29)(H,26,30). The summed E-state index contributed by atoms with van der Waals surface area (Å²) in [6.07, 6.45) is 1.01. The molecule has 0 bridgehead atoms. The highest BCUT2D eigenvalue weighted by molar-refractivity contribution is 6.30. The Morgan fingerprint density at radius 1 is 1.09 bits per heavy atom. The lowest BCUT2D eigenvalue weighted by Gasteiger charge is -2.07. The van der Waals surface area contributed by atoms with Crippen LogP contribution in [-0.2, 0) is 11.3 Å². The van der Waals surface area contributed by atoms with Crippen molar-refractivity contribution in [2.75, 3.05) is 12.4 Å². The lowest BCUT2D eigenvalue weighted by Crippen LogP contribution is -2.23. The van der Waals surface area contributed by atoms with E-state index in [1.54, 1.807) is 65.5 Å². The molecule has 0 aliphatic heterocycles. The Kier molecular flexibility index (Phi) is 6.23. The molecule has 0 atom stereocenters. The van der Waals surface area contributed by atoms with Gasteiger partial charge in [0.15, 0.2) is 11.5 Å². The minimum atomic E-state index is -0.547. The fourth-order valence-electron chi connectivity index (χ4n) is 3.04. The van der Waals surface area contributed by atoms with E-state index in [0.717, 1.165) is 5.56 Å². The summed E-state index contributed by atoms with van der Waals surface area (Å²) in [5.41, 5.74) is 3.02. The number of furan rings is 1. The van der Waals surface area contributed by atoms with E-state index in [-0.39, 0.29) is 18.1 Å². The van der Waals surface area contributed by atoms with Crippen LogP contribution in [0.1, 0.15) is 16.1 Å². The van der Waals surface area contributed by atoms with Gasteiger partial charge in [-0.3, -0.25) is 10.1 Å². The number of methoxy groups -OCH3 is 1. The molecule has 2 aromatic heterocycles. The maximum atomic E-state index is 12.8. The maximum absolute atomic E-state index is 12.8. The third-order valence-corrected chi connectivity index (χ3v) is 4.84. The van der Waals surface area contributed by atoms with E-state index in [9.17, 15) is 9.59 Å². The number of ether oxygens (including phenoxy) is 1. The van der Waals surface area contributed by atoms with Crippen molar-refractivity contribution in [2.45, 2.75) is 6.54 Å². The van der Waals surface area contributed by atoms with Crippen molar-refractivity contribution >= 4 is 29.3 Å². The van der Waals surface area contributed by atoms with E-state index in [0.29, 0.717) is 27.9 Å². The van der Waals surface area contributed by atoms with Crippen molar-refractivity contribution < 1.29 is 18.7 Å². The topological polar surface area (TPSA) is 98.4 Å². The number of carbonyl (C=O) groups excluding carboxylic acids is 2. The zero-order valence-corrected chi connectivity index (χ0v) is 17.8. The van der Waals surface area contributed by atoms with Crippen LogP contribution in [0.5, 0.6) is 0 Å². The summed E-state index contributed by atoms with van der Waals surface area (Å²) < 4.78 is 11.7. The molecule has 32 heavy (non-hydrogen) atoms. The summed E-state index contributed by atoms with van der Waals surface area (Å²) in [5, 5.41) is 10.4. The van der Waals surface area contributed by atoms with Crippen molar-refractivity contribution in [1.29, 1.82) is 0 Å². The Morgan fingerprint density at radius 2 is 1.91 bits per heavy atom. The monoisotopic (exact) mass is 450 g/mol. The van der Waals surface area contributed by atoms with Gasteiger partial charge in [0.25, 0.3) is 5.91 Å². The van der Waals surface area contributed by atoms with Crippen LogP contribution in [0.4, 0.5) is 10.5 Å². The molecule has 0 aliphatic carbocycles. The van der Waals surface area contributed by atoms with Gasteiger partial charge in [0.2, 0.25) is 0 Å². The number of aromatic nitrogens is 2. The minimum Gasteiger partial charge on any atom is -0.463 e. The molecule has 2 N–H and O–H groups in total. The van der Waals surface area contributed by atoms with Gasteiger partial charge in [0.05, 0.1) is 19.1 Å². The van der Waals surface area contributed by atoms with Crippen LogP contribution < -0.4 is 10.6 Å². The Morgan fingerprint density at radius 3 is 2.59 bits per heavy atom. The summed E-state index contributed by atoms with van der Waals surface area (Å²) in [6, 6.07) is 19.4. The average molecular weight is 451 g/mol. The number of rotatable bonds is 6. The van der Waals surface area contributed by atoms with Crippen LogP contribution in [0.2, 0.25) is 5.02 Å². The zero-order chi connectivity index (χ0) is 22.5. The largest absolute Gasteiger partial charge is 0.463 e. The van der Waals surface area contributed by atoms with Gasteiger partial charge >= 0.3 is 6.09 Å². The average Bonchev–Trinajstić information content (AvgIpc) is 3.48. The van der Waals surface area contributed by atoms with Gasteiger partial charge in [-0.15, -0.1) is 0 Å². The minimum absolute atomic E-state index is 0.236. The number of anilines is 1. The molecular formula is C23H19ClN4O4. The highest BCUT2D eigenvalue weighted by Gasteiger charge is 2.18. The van der Waals surface area contributed by atoms with Gasteiger partial charge in [0, 0.05) is 23.3 Å². The molecular weight excluding hydrogens is 432 g/mol. The SMILES string of the molecule is COC(=O)Nc1ccc(CNC(=O)c2cc(-c3ccco3)n(-c3cccc(Cl)c3)n2)cc1. The van der Waals surface area contributed by atoms with Crippen molar-refractivity contribution in [2.24, 2.45) is 0 Å². The molecule has 0 spiro atoms. The van der Waals surface area contributed by atoms with Crippen LogP contribution in [0.25, 0.3) is 17.1 Å². The van der Waals surface area contributed by atoms with Crippen molar-refractivity contribution in [3.05, 3.63) is 89.3 Å². The Labute approximate surface area is 188 Å². The molecule has 0 radical (unpaired) electrons. The lowest BCUT2D eigenvalue weighted by molar-refractivity contribution is 0.0945. The van der Waals surface area contributed by atoms with Crippen LogP contribution in [0.3, 0.4) is 0 Å². The fraction of sp³-hybridized carbons (Fsp3) is 0.0870. The van der Waals surface area contributed by atoms with Crippen LogP contribution in [0, 0.1) is 0 Å². The third-order valence-electron chi connectivity index (χ3n) is 4.61. The Hall–Kier alpha value is -4.04. The van der Waals surface area contributed by atoms with E-state index in [2.05, 4.69) is 20.5 Å². The number of amides is 2. The Balaban J connectivity index is 1.51. The first-order chi connectivity index (χ1) is 15.5. The van der Waals surface area contributed by atoms with Crippen molar-refractivity contribution in [1.82, 2.24) is 15.1 Å². The van der Waals surface area contributed by atoms with Gasteiger partial charge in [-0.2, -0.15) is 5.10 Å². The van der Waals surface area contributed by atoms with Gasteiger partial charge in [-0.05, 0) is 48.0 Å². The number of carbonyl (C=O) groups is 2. The van der Waals surface area contributed by atoms with E-state index in [1.807, 2.05) is 12.1 Å². The summed E-state index contributed by atoms with van der Waals surface area (Å²) in [6.45, 7) is 0.289. The molecule has 0 saturated heterocycles. The summed E-state index contributed by atoms with van der Waals surface area (Å²) in [7, 11) is 1.30. The Bertz CT molecular complexity index is 1230. The first kappa shape index (κ1) is 21.2. The second-order valence-electron chi connectivity index (χ2n) is 6.78. The number of halogens is 1. The molecule has 0 saturated carbocycles. The number of nitrogens with one attached hydrogen (secondary N) is 2. The molecule has 0 fully saturated rings. The molecule has 0 aliphatic rings. The second kappa shape index (κ2) is 9.40. The van der Waals surface area contributed by atoms with Crippen LogP contribution in [0.15, 0.2) is 77.4 Å². The highest BCUT2D eigenvalue weighted by Crippen LogP contribution is 2.26. The molecule has 2 heterocycles. The summed E-state index contributed by atoms with van der Waals surface area (Å²) in [5.74, 6) is 0.237. The summed E-state index contributed by atoms with van der Waals surface area (Å²) in [4.78, 5) is 24.0. The molecule has 2 amide bonds. The lowest BCUT2D eigenvalue weighted by atomic mass is 10.2. The van der Waals surface area contributed by atoms with Gasteiger partial charge in [-0.25, -0.2) is 9.48 Å². The van der Waals surface area contributed by atoms with E-state index < -0.39 is 6.09 Å². The first-order valence-electron chi connectivity index (χ1n) is 9.65. The second-order valence-corrected chi connectivity index (χ2v) is 7.22. The first-order valence-corrected chi connectivity index (χ1v) is 10.0.